The van der Waals surface area contributed by atoms with Gasteiger partial charge in [0.05, 0.1) is 5.41 Å². The number of benzene rings is 1. The van der Waals surface area contributed by atoms with E-state index in [2.05, 4.69) is 10.3 Å². The number of nitrogens with one attached hydrogen (secondary N) is 2. The first-order valence-electron chi connectivity index (χ1n) is 10.1. The molecule has 2 heterocycles. The average Bonchev–Trinajstić information content (AvgIpc) is 2.89. The first-order valence-corrected chi connectivity index (χ1v) is 10.1. The van der Waals surface area contributed by atoms with Crippen molar-refractivity contribution in [2.75, 3.05) is 5.32 Å². The molecule has 0 bridgehead atoms. The Balaban J connectivity index is 1.79. The number of rotatable bonds is 2. The number of amides is 1. The summed E-state index contributed by atoms with van der Waals surface area (Å²) in [5, 5.41) is 4.17. The molecule has 6 heteroatoms. The molecule has 1 aromatic heterocycles. The van der Waals surface area contributed by atoms with Gasteiger partial charge in [-0.15, -0.1) is 0 Å². The maximum atomic E-state index is 13.0. The molecule has 0 saturated carbocycles. The van der Waals surface area contributed by atoms with Crippen molar-refractivity contribution in [2.45, 2.75) is 58.3 Å². The van der Waals surface area contributed by atoms with Gasteiger partial charge in [0, 0.05) is 34.1 Å². The predicted octanol–water partition coefficient (Wildman–Crippen LogP) is 2.48. The smallest absolute Gasteiger partial charge is 0.321 e. The van der Waals surface area contributed by atoms with E-state index in [0.29, 0.717) is 16.7 Å². The fourth-order valence-corrected chi connectivity index (χ4v) is 3.96. The topological polar surface area (TPSA) is 88.3 Å². The lowest BCUT2D eigenvalue weighted by molar-refractivity contribution is -0.137. The molecule has 6 nitrogen and oxygen atoms in total. The van der Waals surface area contributed by atoms with Crippen LogP contribution in [-0.4, -0.2) is 16.9 Å². The van der Waals surface area contributed by atoms with Gasteiger partial charge in [-0.25, -0.2) is 0 Å². The fraction of sp³-hybridized carbons (Fsp3) is 0.375. The highest BCUT2D eigenvalue weighted by Gasteiger charge is 2.42. The fourth-order valence-electron chi connectivity index (χ4n) is 3.96. The SMILES string of the molecule is CC(C)(C)c1cc2c(cc1NC(=O)c1c[nH]c3c(c1=O)=CCCC=3)OC(=O)C2(C)C. The van der Waals surface area contributed by atoms with Crippen LogP contribution in [0.3, 0.4) is 0 Å². The molecule has 0 unspecified atom stereocenters. The monoisotopic (exact) mass is 406 g/mol. The molecule has 4 rings (SSSR count). The van der Waals surface area contributed by atoms with Gasteiger partial charge < -0.3 is 15.0 Å². The van der Waals surface area contributed by atoms with Crippen LogP contribution in [-0.2, 0) is 15.6 Å². The highest BCUT2D eigenvalue weighted by atomic mass is 16.5. The zero-order valence-corrected chi connectivity index (χ0v) is 17.9. The number of aromatic nitrogens is 1. The molecule has 1 aliphatic carbocycles. The molecule has 30 heavy (non-hydrogen) atoms. The number of pyridine rings is 1. The lowest BCUT2D eigenvalue weighted by Crippen LogP contribution is -2.45. The van der Waals surface area contributed by atoms with Crippen LogP contribution < -0.4 is 26.1 Å². The summed E-state index contributed by atoms with van der Waals surface area (Å²) in [5.74, 6) is -0.374. The number of anilines is 1. The third-order valence-electron chi connectivity index (χ3n) is 5.82. The van der Waals surface area contributed by atoms with Gasteiger partial charge in [0.25, 0.3) is 5.91 Å². The lowest BCUT2D eigenvalue weighted by atomic mass is 9.79. The lowest BCUT2D eigenvalue weighted by Gasteiger charge is -2.25. The minimum absolute atomic E-state index is 0.0537. The number of fused-ring (bicyclic) bond motifs is 2. The molecule has 156 valence electrons. The quantitative estimate of drug-likeness (QED) is 0.592. The minimum atomic E-state index is -0.750. The summed E-state index contributed by atoms with van der Waals surface area (Å²) in [6.07, 6.45) is 6.93. The van der Waals surface area contributed by atoms with Crippen molar-refractivity contribution in [3.63, 3.8) is 0 Å². The molecule has 0 fully saturated rings. The maximum absolute atomic E-state index is 13.0. The van der Waals surface area contributed by atoms with Gasteiger partial charge in [-0.05, 0) is 43.7 Å². The Hall–Kier alpha value is -3.15. The first-order chi connectivity index (χ1) is 14.0. The number of carbonyl (C=O) groups excluding carboxylic acids is 2. The molecule has 1 aliphatic heterocycles. The van der Waals surface area contributed by atoms with Crippen LogP contribution in [0.25, 0.3) is 12.2 Å². The summed E-state index contributed by atoms with van der Waals surface area (Å²) in [4.78, 5) is 41.2. The summed E-state index contributed by atoms with van der Waals surface area (Å²) in [6.45, 7) is 9.75. The molecule has 0 saturated heterocycles. The third kappa shape index (κ3) is 3.16. The molecule has 2 N–H and O–H groups in total. The average molecular weight is 406 g/mol. The molecular weight excluding hydrogens is 380 g/mol. The molecule has 0 atom stereocenters. The molecule has 2 aliphatic rings. The van der Waals surface area contributed by atoms with Gasteiger partial charge in [0.15, 0.2) is 0 Å². The third-order valence-corrected chi connectivity index (χ3v) is 5.82. The van der Waals surface area contributed by atoms with E-state index >= 15 is 0 Å². The second kappa shape index (κ2) is 6.69. The van der Waals surface area contributed by atoms with Crippen LogP contribution in [0.5, 0.6) is 5.75 Å². The molecule has 0 spiro atoms. The Kier molecular flexibility index (Phi) is 4.49. The van der Waals surface area contributed by atoms with E-state index in [0.717, 1.165) is 29.3 Å². The van der Waals surface area contributed by atoms with Crippen LogP contribution in [0.2, 0.25) is 0 Å². The van der Waals surface area contributed by atoms with E-state index in [4.69, 9.17) is 4.74 Å². The highest BCUT2D eigenvalue weighted by molar-refractivity contribution is 6.05. The number of ether oxygens (including phenoxy) is 1. The zero-order chi connectivity index (χ0) is 21.8. The predicted molar refractivity (Wildman–Crippen MR) is 116 cm³/mol. The molecule has 2 aromatic rings. The summed E-state index contributed by atoms with van der Waals surface area (Å²) in [7, 11) is 0. The van der Waals surface area contributed by atoms with Gasteiger partial charge in [-0.3, -0.25) is 14.4 Å². The summed E-state index contributed by atoms with van der Waals surface area (Å²) < 4.78 is 5.45. The number of hydrogen-bond donors (Lipinski definition) is 2. The van der Waals surface area contributed by atoms with Crippen LogP contribution in [0.4, 0.5) is 5.69 Å². The van der Waals surface area contributed by atoms with Crippen molar-refractivity contribution in [1.82, 2.24) is 4.98 Å². The minimum Gasteiger partial charge on any atom is -0.425 e. The number of hydrogen-bond acceptors (Lipinski definition) is 4. The van der Waals surface area contributed by atoms with E-state index in [1.165, 1.54) is 6.20 Å². The van der Waals surface area contributed by atoms with Crippen molar-refractivity contribution < 1.29 is 14.3 Å². The Labute approximate surface area is 174 Å². The van der Waals surface area contributed by atoms with Crippen LogP contribution >= 0.6 is 0 Å². The van der Waals surface area contributed by atoms with E-state index in [1.807, 2.05) is 52.8 Å². The second-order valence-corrected chi connectivity index (χ2v) is 9.46. The molecule has 1 aromatic carbocycles. The Morgan fingerprint density at radius 2 is 1.83 bits per heavy atom. The van der Waals surface area contributed by atoms with Crippen molar-refractivity contribution in [2.24, 2.45) is 0 Å². The summed E-state index contributed by atoms with van der Waals surface area (Å²) >= 11 is 0. The standard InChI is InChI=1S/C24H26N2O4/c1-23(2,3)15-10-16-19(30-22(29)24(16,4)5)11-18(15)26-21(28)14-12-25-17-9-7-6-8-13(17)20(14)27/h8-12,25H,6-7H2,1-5H3,(H,26,28). The van der Waals surface area contributed by atoms with Crippen LogP contribution in [0, 0.1) is 0 Å². The van der Waals surface area contributed by atoms with Gasteiger partial charge in [0.1, 0.15) is 11.3 Å². The molecule has 0 radical (unpaired) electrons. The van der Waals surface area contributed by atoms with Gasteiger partial charge in [0.2, 0.25) is 5.43 Å². The Morgan fingerprint density at radius 1 is 1.13 bits per heavy atom. The largest absolute Gasteiger partial charge is 0.425 e. The zero-order valence-electron chi connectivity index (χ0n) is 17.9. The van der Waals surface area contributed by atoms with E-state index < -0.39 is 11.3 Å². The van der Waals surface area contributed by atoms with Crippen molar-refractivity contribution in [3.05, 3.63) is 55.8 Å². The Morgan fingerprint density at radius 3 is 2.53 bits per heavy atom. The number of carbonyl (C=O) groups is 2. The summed E-state index contributed by atoms with van der Waals surface area (Å²) in [6, 6.07) is 3.61. The van der Waals surface area contributed by atoms with Gasteiger partial charge in [-0.2, -0.15) is 0 Å². The van der Waals surface area contributed by atoms with Gasteiger partial charge >= 0.3 is 5.97 Å². The molecule has 1 amide bonds. The van der Waals surface area contributed by atoms with Crippen molar-refractivity contribution >= 4 is 29.7 Å². The normalized spacial score (nSPS) is 16.6. The number of aromatic amines is 1. The Bertz CT molecular complexity index is 1260. The maximum Gasteiger partial charge on any atom is 0.321 e. The number of esters is 1. The number of H-pyrrole nitrogens is 1. The van der Waals surface area contributed by atoms with E-state index in [-0.39, 0.29) is 22.4 Å². The van der Waals surface area contributed by atoms with Crippen LogP contribution in [0.1, 0.15) is 68.9 Å². The van der Waals surface area contributed by atoms with Crippen molar-refractivity contribution in [1.29, 1.82) is 0 Å². The van der Waals surface area contributed by atoms with Crippen molar-refractivity contribution in [3.8, 4) is 5.75 Å². The molecular formula is C24H26N2O4. The van der Waals surface area contributed by atoms with Crippen LogP contribution in [0.15, 0.2) is 23.1 Å². The van der Waals surface area contributed by atoms with E-state index in [1.54, 1.807) is 6.07 Å². The van der Waals surface area contributed by atoms with Gasteiger partial charge in [-0.1, -0.05) is 32.9 Å². The first kappa shape index (κ1) is 20.1. The highest BCUT2D eigenvalue weighted by Crippen LogP contribution is 2.44. The van der Waals surface area contributed by atoms with E-state index in [9.17, 15) is 14.4 Å². The summed E-state index contributed by atoms with van der Waals surface area (Å²) in [5.41, 5.74) is 0.914. The second-order valence-electron chi connectivity index (χ2n) is 9.46.